The molecule has 7 heteroatoms. The predicted octanol–water partition coefficient (Wildman–Crippen LogP) is 5.64. The highest BCUT2D eigenvalue weighted by molar-refractivity contribution is 7.92. The number of likely N-dealkylation sites (N-methyl/N-ethyl adjacent to an activating group) is 1. The number of carbonyl (C=O) groups is 1. The second kappa shape index (κ2) is 8.11. The number of sulfonamides is 1. The van der Waals surface area contributed by atoms with Crippen LogP contribution in [-0.4, -0.2) is 21.2 Å². The molecule has 4 rings (SSSR count). The lowest BCUT2D eigenvalue weighted by atomic mass is 9.83. The average molecular weight is 467 g/mol. The lowest BCUT2D eigenvalue weighted by Crippen LogP contribution is -2.24. The molecule has 0 amide bonds. The summed E-state index contributed by atoms with van der Waals surface area (Å²) in [5, 5.41) is 0.518. The molecule has 0 fully saturated rings. The molecule has 1 heterocycles. The summed E-state index contributed by atoms with van der Waals surface area (Å²) in [4.78, 5) is 15.1. The van der Waals surface area contributed by atoms with Gasteiger partial charge in [0.1, 0.15) is 0 Å². The van der Waals surface area contributed by atoms with E-state index < -0.39 is 10.0 Å². The van der Waals surface area contributed by atoms with E-state index in [4.69, 9.17) is 11.6 Å². The largest absolute Gasteiger partial charge is 0.347 e. The third-order valence-electron chi connectivity index (χ3n) is 5.75. The molecule has 0 unspecified atom stereocenters. The van der Waals surface area contributed by atoms with E-state index in [0.29, 0.717) is 16.3 Å². The van der Waals surface area contributed by atoms with Crippen molar-refractivity contribution in [3.05, 3.63) is 101 Å². The van der Waals surface area contributed by atoms with Crippen LogP contribution in [0.1, 0.15) is 29.8 Å². The van der Waals surface area contributed by atoms with Gasteiger partial charge in [-0.3, -0.25) is 9.52 Å². The van der Waals surface area contributed by atoms with Crippen molar-refractivity contribution in [2.24, 2.45) is 0 Å². The molecule has 0 aromatic heterocycles. The van der Waals surface area contributed by atoms with Gasteiger partial charge in [-0.1, -0.05) is 43.6 Å². The van der Waals surface area contributed by atoms with Crippen LogP contribution >= 0.6 is 11.6 Å². The van der Waals surface area contributed by atoms with Gasteiger partial charge in [-0.2, -0.15) is 0 Å². The number of hydrogen-bond donors (Lipinski definition) is 1. The van der Waals surface area contributed by atoms with Crippen LogP contribution in [0.2, 0.25) is 5.02 Å². The smallest absolute Gasteiger partial charge is 0.261 e. The number of fused-ring (bicyclic) bond motifs is 1. The van der Waals surface area contributed by atoms with Crippen molar-refractivity contribution in [2.75, 3.05) is 16.7 Å². The Kier molecular flexibility index (Phi) is 5.61. The Morgan fingerprint density at radius 3 is 2.22 bits per heavy atom. The van der Waals surface area contributed by atoms with E-state index in [1.807, 2.05) is 30.1 Å². The molecule has 3 aromatic carbocycles. The van der Waals surface area contributed by atoms with Gasteiger partial charge in [0.25, 0.3) is 10.0 Å². The maximum absolute atomic E-state index is 13.0. The zero-order valence-electron chi connectivity index (χ0n) is 18.0. The summed E-state index contributed by atoms with van der Waals surface area (Å²) in [7, 11) is -1.83. The quantitative estimate of drug-likeness (QED) is 0.390. The molecule has 164 valence electrons. The van der Waals surface area contributed by atoms with E-state index >= 15 is 0 Å². The number of carbonyl (C=O) groups excluding carboxylic acids is 1. The number of nitrogens with one attached hydrogen (secondary N) is 1. The standard InChI is InChI=1S/C25H23ClN2O3S/c1-25(2)21-6-4-5-7-22(21)28(3)24(25)16-23(29)17-8-14-20(15-9-17)32(30,31)27-19-12-10-18(26)11-13-19/h4-16,27H,1-3H3/b24-16+. The molecule has 1 aliphatic heterocycles. The van der Waals surface area contributed by atoms with Gasteiger partial charge in [-0.25, -0.2) is 8.42 Å². The monoisotopic (exact) mass is 466 g/mol. The van der Waals surface area contributed by atoms with Crippen LogP contribution < -0.4 is 9.62 Å². The van der Waals surface area contributed by atoms with E-state index in [1.54, 1.807) is 30.3 Å². The minimum absolute atomic E-state index is 0.0716. The van der Waals surface area contributed by atoms with Crippen molar-refractivity contribution in [2.45, 2.75) is 24.2 Å². The molecule has 0 atom stereocenters. The van der Waals surface area contributed by atoms with Crippen LogP contribution in [0, 0.1) is 0 Å². The van der Waals surface area contributed by atoms with Crippen molar-refractivity contribution in [3.63, 3.8) is 0 Å². The van der Waals surface area contributed by atoms with Crippen LogP contribution in [0.4, 0.5) is 11.4 Å². The first-order valence-electron chi connectivity index (χ1n) is 10.1. The first kappa shape index (κ1) is 22.1. The Hall–Kier alpha value is -3.09. The van der Waals surface area contributed by atoms with Crippen LogP contribution in [0.5, 0.6) is 0 Å². The predicted molar refractivity (Wildman–Crippen MR) is 129 cm³/mol. The number of ketones is 1. The maximum Gasteiger partial charge on any atom is 0.261 e. The molecular formula is C25H23ClN2O3S. The topological polar surface area (TPSA) is 66.5 Å². The lowest BCUT2D eigenvalue weighted by Gasteiger charge is -2.24. The van der Waals surface area contributed by atoms with Gasteiger partial charge in [-0.05, 0) is 60.2 Å². The van der Waals surface area contributed by atoms with Crippen molar-refractivity contribution in [1.82, 2.24) is 0 Å². The molecule has 3 aromatic rings. The summed E-state index contributed by atoms with van der Waals surface area (Å²) < 4.78 is 27.8. The third kappa shape index (κ3) is 4.04. The number of benzene rings is 3. The number of halogens is 1. The van der Waals surface area contributed by atoms with E-state index in [9.17, 15) is 13.2 Å². The molecule has 0 bridgehead atoms. The Labute approximate surface area is 193 Å². The summed E-state index contributed by atoms with van der Waals surface area (Å²) in [5.41, 5.74) is 3.65. The molecule has 5 nitrogen and oxygen atoms in total. The number of anilines is 2. The van der Waals surface area contributed by atoms with Crippen LogP contribution in [0.15, 0.2) is 89.5 Å². The van der Waals surface area contributed by atoms with E-state index in [-0.39, 0.29) is 16.1 Å². The van der Waals surface area contributed by atoms with Gasteiger partial charge >= 0.3 is 0 Å². The fraction of sp³-hybridized carbons (Fsp3) is 0.160. The molecule has 1 N–H and O–H groups in total. The van der Waals surface area contributed by atoms with Gasteiger partial charge < -0.3 is 4.90 Å². The van der Waals surface area contributed by atoms with Crippen LogP contribution in [0.3, 0.4) is 0 Å². The molecule has 0 saturated carbocycles. The molecule has 0 saturated heterocycles. The summed E-state index contributed by atoms with van der Waals surface area (Å²) in [6, 6.07) is 20.4. The highest BCUT2D eigenvalue weighted by Gasteiger charge is 2.38. The SMILES string of the molecule is CN1/C(=C/C(=O)c2ccc(S(=O)(=O)Nc3ccc(Cl)cc3)cc2)C(C)(C)c2ccccc21. The van der Waals surface area contributed by atoms with E-state index in [2.05, 4.69) is 24.6 Å². The highest BCUT2D eigenvalue weighted by atomic mass is 35.5. The molecular weight excluding hydrogens is 444 g/mol. The minimum Gasteiger partial charge on any atom is -0.347 e. The van der Waals surface area contributed by atoms with Gasteiger partial charge in [0.15, 0.2) is 5.78 Å². The molecule has 1 aliphatic rings. The zero-order chi connectivity index (χ0) is 23.1. The second-order valence-electron chi connectivity index (χ2n) is 8.23. The number of hydrogen-bond acceptors (Lipinski definition) is 4. The van der Waals surface area contributed by atoms with Gasteiger partial charge in [0.2, 0.25) is 0 Å². The Morgan fingerprint density at radius 1 is 0.969 bits per heavy atom. The average Bonchev–Trinajstić information content (AvgIpc) is 2.96. The van der Waals surface area contributed by atoms with Crippen molar-refractivity contribution < 1.29 is 13.2 Å². The summed E-state index contributed by atoms with van der Waals surface area (Å²) in [6.07, 6.45) is 1.63. The highest BCUT2D eigenvalue weighted by Crippen LogP contribution is 2.46. The van der Waals surface area contributed by atoms with Crippen molar-refractivity contribution >= 4 is 38.8 Å². The van der Waals surface area contributed by atoms with Crippen LogP contribution in [-0.2, 0) is 15.4 Å². The molecule has 0 spiro atoms. The summed E-state index contributed by atoms with van der Waals surface area (Å²) in [6.45, 7) is 4.18. The Balaban J connectivity index is 1.57. The van der Waals surface area contributed by atoms with Crippen LogP contribution in [0.25, 0.3) is 0 Å². The molecule has 32 heavy (non-hydrogen) atoms. The third-order valence-corrected chi connectivity index (χ3v) is 7.40. The number of nitrogens with zero attached hydrogens (tertiary/aromatic N) is 1. The normalized spacial score (nSPS) is 16.1. The zero-order valence-corrected chi connectivity index (χ0v) is 19.5. The van der Waals surface area contributed by atoms with Gasteiger partial charge in [0.05, 0.1) is 4.90 Å². The Bertz CT molecular complexity index is 1310. The molecule has 0 radical (unpaired) electrons. The Morgan fingerprint density at radius 2 is 1.59 bits per heavy atom. The van der Waals surface area contributed by atoms with Crippen molar-refractivity contribution in [3.8, 4) is 0 Å². The summed E-state index contributed by atoms with van der Waals surface area (Å²) in [5.74, 6) is -0.178. The minimum atomic E-state index is -3.78. The number of allylic oxidation sites excluding steroid dienone is 2. The maximum atomic E-state index is 13.0. The number of para-hydroxylation sites is 1. The lowest BCUT2D eigenvalue weighted by molar-refractivity contribution is 0.104. The fourth-order valence-corrected chi connectivity index (χ4v) is 5.18. The van der Waals surface area contributed by atoms with Gasteiger partial charge in [0, 0.05) is 46.2 Å². The fourth-order valence-electron chi connectivity index (χ4n) is 4.00. The van der Waals surface area contributed by atoms with E-state index in [0.717, 1.165) is 16.9 Å². The first-order valence-corrected chi connectivity index (χ1v) is 11.9. The van der Waals surface area contributed by atoms with Crippen molar-refractivity contribution in [1.29, 1.82) is 0 Å². The molecule has 0 aliphatic carbocycles. The number of rotatable bonds is 5. The van der Waals surface area contributed by atoms with Gasteiger partial charge in [-0.15, -0.1) is 0 Å². The summed E-state index contributed by atoms with van der Waals surface area (Å²) >= 11 is 5.84. The second-order valence-corrected chi connectivity index (χ2v) is 10.4. The van der Waals surface area contributed by atoms with E-state index in [1.165, 1.54) is 24.3 Å². The first-order chi connectivity index (χ1) is 15.1.